The van der Waals surface area contributed by atoms with E-state index in [1.807, 2.05) is 12.3 Å². The predicted molar refractivity (Wildman–Crippen MR) is 127 cm³/mol. The predicted octanol–water partition coefficient (Wildman–Crippen LogP) is 4.08. The highest BCUT2D eigenvalue weighted by atomic mass is 16.5. The van der Waals surface area contributed by atoms with Crippen molar-refractivity contribution in [3.8, 4) is 11.3 Å². The van der Waals surface area contributed by atoms with Gasteiger partial charge in [0.25, 0.3) is 0 Å². The topological polar surface area (TPSA) is 62.3 Å². The van der Waals surface area contributed by atoms with Crippen molar-refractivity contribution in [2.45, 2.75) is 37.8 Å². The summed E-state index contributed by atoms with van der Waals surface area (Å²) in [6.07, 6.45) is 6.58. The number of hydrogen-bond donors (Lipinski definition) is 2. The van der Waals surface area contributed by atoms with Gasteiger partial charge in [0.1, 0.15) is 5.82 Å². The average molecular weight is 418 g/mol. The van der Waals surface area contributed by atoms with Crippen LogP contribution in [0, 0.1) is 0 Å². The highest BCUT2D eigenvalue weighted by Gasteiger charge is 2.21. The fourth-order valence-electron chi connectivity index (χ4n) is 4.72. The second-order valence-electron chi connectivity index (χ2n) is 8.55. The zero-order valence-corrected chi connectivity index (χ0v) is 18.2. The summed E-state index contributed by atoms with van der Waals surface area (Å²) in [5, 5.41) is 8.24. The molecule has 0 radical (unpaired) electrons. The molecule has 1 aliphatic carbocycles. The summed E-state index contributed by atoms with van der Waals surface area (Å²) in [5.41, 5.74) is 4.31. The summed E-state index contributed by atoms with van der Waals surface area (Å²) in [6, 6.07) is 16.0. The lowest BCUT2D eigenvalue weighted by molar-refractivity contribution is 0.122. The van der Waals surface area contributed by atoms with Gasteiger partial charge < -0.3 is 20.3 Å². The Hall–Kier alpha value is -2.70. The fourth-order valence-corrected chi connectivity index (χ4v) is 4.72. The van der Waals surface area contributed by atoms with E-state index < -0.39 is 0 Å². The number of morpholine rings is 1. The van der Waals surface area contributed by atoms with Crippen LogP contribution in [0.15, 0.2) is 48.7 Å². The third-order valence-electron chi connectivity index (χ3n) is 6.61. The van der Waals surface area contributed by atoms with Crippen molar-refractivity contribution in [2.24, 2.45) is 0 Å². The number of pyridine rings is 2. The minimum Gasteiger partial charge on any atom is -0.378 e. The third-order valence-corrected chi connectivity index (χ3v) is 6.61. The van der Waals surface area contributed by atoms with E-state index in [1.54, 1.807) is 0 Å². The molecule has 3 heterocycles. The van der Waals surface area contributed by atoms with E-state index in [1.165, 1.54) is 18.5 Å². The molecule has 31 heavy (non-hydrogen) atoms. The number of rotatable bonds is 5. The lowest BCUT2D eigenvalue weighted by atomic mass is 9.91. The summed E-state index contributed by atoms with van der Waals surface area (Å²) in [6.45, 7) is 3.48. The van der Waals surface area contributed by atoms with Crippen molar-refractivity contribution in [3.63, 3.8) is 0 Å². The maximum Gasteiger partial charge on any atom is 0.136 e. The molecule has 2 N–H and O–H groups in total. The molecule has 0 bridgehead atoms. The Morgan fingerprint density at radius 3 is 2.45 bits per heavy atom. The van der Waals surface area contributed by atoms with E-state index in [2.05, 4.69) is 64.0 Å². The van der Waals surface area contributed by atoms with Gasteiger partial charge in [0, 0.05) is 48.0 Å². The molecule has 1 aliphatic heterocycles. The van der Waals surface area contributed by atoms with Gasteiger partial charge in [-0.15, -0.1) is 0 Å². The quantitative estimate of drug-likeness (QED) is 0.652. The number of aromatic nitrogens is 2. The molecular formula is C25H31N5O. The highest BCUT2D eigenvalue weighted by molar-refractivity contribution is 5.92. The number of benzene rings is 1. The van der Waals surface area contributed by atoms with E-state index in [9.17, 15) is 0 Å². The zero-order valence-electron chi connectivity index (χ0n) is 18.2. The second kappa shape index (κ2) is 9.20. The molecule has 6 nitrogen and oxygen atoms in total. The Morgan fingerprint density at radius 1 is 0.968 bits per heavy atom. The molecule has 2 aliphatic rings. The Kier molecular flexibility index (Phi) is 6.00. The third kappa shape index (κ3) is 4.50. The van der Waals surface area contributed by atoms with Crippen LogP contribution >= 0.6 is 0 Å². The molecule has 1 saturated carbocycles. The molecule has 162 valence electrons. The molecule has 1 saturated heterocycles. The van der Waals surface area contributed by atoms with Crippen LogP contribution in [0.2, 0.25) is 0 Å². The molecule has 1 aromatic carbocycles. The van der Waals surface area contributed by atoms with Crippen molar-refractivity contribution in [3.05, 3.63) is 48.7 Å². The van der Waals surface area contributed by atoms with Gasteiger partial charge in [-0.3, -0.25) is 4.98 Å². The largest absolute Gasteiger partial charge is 0.378 e. The van der Waals surface area contributed by atoms with Gasteiger partial charge in [0.15, 0.2) is 0 Å². The maximum atomic E-state index is 5.47. The molecule has 6 heteroatoms. The first-order valence-corrected chi connectivity index (χ1v) is 11.4. The van der Waals surface area contributed by atoms with E-state index in [0.29, 0.717) is 12.1 Å². The van der Waals surface area contributed by atoms with Crippen LogP contribution in [-0.4, -0.2) is 55.4 Å². The van der Waals surface area contributed by atoms with Crippen molar-refractivity contribution >= 4 is 22.4 Å². The first kappa shape index (κ1) is 20.2. The standard InChI is InChI=1S/C25H31N5O/c1-26-19-6-8-20(9-7-19)28-25-22-3-2-12-27-24(22)17-23(29-25)18-4-10-21(11-5-18)30-13-15-31-16-14-30/h2-5,10-12,17,19-20,26H,6-9,13-16H2,1H3,(H,28,29). The van der Waals surface area contributed by atoms with Crippen LogP contribution in [0.4, 0.5) is 11.5 Å². The number of nitrogens with zero attached hydrogens (tertiary/aromatic N) is 3. The number of hydrogen-bond acceptors (Lipinski definition) is 6. The summed E-state index contributed by atoms with van der Waals surface area (Å²) in [5.74, 6) is 0.950. The number of ether oxygens (including phenoxy) is 1. The first-order valence-electron chi connectivity index (χ1n) is 11.4. The minimum atomic E-state index is 0.458. The Morgan fingerprint density at radius 2 is 1.71 bits per heavy atom. The summed E-state index contributed by atoms with van der Waals surface area (Å²) < 4.78 is 5.47. The van der Waals surface area contributed by atoms with E-state index in [4.69, 9.17) is 9.72 Å². The van der Waals surface area contributed by atoms with Gasteiger partial charge in [0.05, 0.1) is 24.4 Å². The maximum absolute atomic E-state index is 5.47. The Bertz CT molecular complexity index is 1010. The Labute approximate surface area is 184 Å². The van der Waals surface area contributed by atoms with Crippen LogP contribution in [0.5, 0.6) is 0 Å². The van der Waals surface area contributed by atoms with Crippen LogP contribution in [0.3, 0.4) is 0 Å². The summed E-state index contributed by atoms with van der Waals surface area (Å²) in [7, 11) is 2.06. The van der Waals surface area contributed by atoms with Crippen molar-refractivity contribution < 1.29 is 4.74 Å². The zero-order chi connectivity index (χ0) is 21.0. The van der Waals surface area contributed by atoms with Gasteiger partial charge in [-0.2, -0.15) is 0 Å². The minimum absolute atomic E-state index is 0.458. The van der Waals surface area contributed by atoms with Crippen molar-refractivity contribution in [1.82, 2.24) is 15.3 Å². The van der Waals surface area contributed by atoms with Crippen LogP contribution < -0.4 is 15.5 Å². The number of anilines is 2. The summed E-state index contributed by atoms with van der Waals surface area (Å²) in [4.78, 5) is 12.0. The molecule has 0 spiro atoms. The molecule has 3 aromatic rings. The SMILES string of the molecule is CNC1CCC(Nc2nc(-c3ccc(N4CCOCC4)cc3)cc3ncccc23)CC1. The van der Waals surface area contributed by atoms with Gasteiger partial charge in [-0.25, -0.2) is 4.98 Å². The Balaban J connectivity index is 1.41. The first-order chi connectivity index (χ1) is 15.3. The monoisotopic (exact) mass is 417 g/mol. The average Bonchev–Trinajstić information content (AvgIpc) is 2.85. The van der Waals surface area contributed by atoms with Gasteiger partial charge in [0.2, 0.25) is 0 Å². The van der Waals surface area contributed by atoms with Gasteiger partial charge >= 0.3 is 0 Å². The van der Waals surface area contributed by atoms with Crippen molar-refractivity contribution in [1.29, 1.82) is 0 Å². The highest BCUT2D eigenvalue weighted by Crippen LogP contribution is 2.30. The molecular weight excluding hydrogens is 386 g/mol. The lowest BCUT2D eigenvalue weighted by Gasteiger charge is -2.29. The van der Waals surface area contributed by atoms with Crippen LogP contribution in [0.1, 0.15) is 25.7 Å². The van der Waals surface area contributed by atoms with Crippen molar-refractivity contribution in [2.75, 3.05) is 43.6 Å². The second-order valence-corrected chi connectivity index (χ2v) is 8.55. The molecule has 2 aromatic heterocycles. The van der Waals surface area contributed by atoms with Crippen LogP contribution in [0.25, 0.3) is 22.2 Å². The van der Waals surface area contributed by atoms with E-state index >= 15 is 0 Å². The fraction of sp³-hybridized carbons (Fsp3) is 0.440. The molecule has 0 amide bonds. The molecule has 5 rings (SSSR count). The number of nitrogens with one attached hydrogen (secondary N) is 2. The van der Waals surface area contributed by atoms with E-state index in [0.717, 1.165) is 67.1 Å². The summed E-state index contributed by atoms with van der Waals surface area (Å²) >= 11 is 0. The van der Waals surface area contributed by atoms with E-state index in [-0.39, 0.29) is 0 Å². The lowest BCUT2D eigenvalue weighted by Crippen LogP contribution is -2.36. The van der Waals surface area contributed by atoms with Gasteiger partial charge in [-0.05, 0) is 63.1 Å². The number of fused-ring (bicyclic) bond motifs is 1. The molecule has 0 atom stereocenters. The van der Waals surface area contributed by atoms with Crippen LogP contribution in [-0.2, 0) is 4.74 Å². The normalized spacial score (nSPS) is 21.9. The smallest absolute Gasteiger partial charge is 0.136 e. The molecule has 2 fully saturated rings. The van der Waals surface area contributed by atoms with Gasteiger partial charge in [-0.1, -0.05) is 12.1 Å². The molecule has 0 unspecified atom stereocenters.